The molecule has 1 unspecified atom stereocenters. The maximum absolute atomic E-state index is 5.64. The molecule has 1 fully saturated rings. The second-order valence-corrected chi connectivity index (χ2v) is 7.05. The molecule has 0 saturated carbocycles. The van der Waals surface area contributed by atoms with E-state index in [1.165, 1.54) is 32.5 Å². The van der Waals surface area contributed by atoms with Gasteiger partial charge in [-0.25, -0.2) is 0 Å². The second-order valence-electron chi connectivity index (χ2n) is 7.05. The largest absolute Gasteiger partial charge is 0.380 e. The van der Waals surface area contributed by atoms with E-state index in [-0.39, 0.29) is 24.0 Å². The van der Waals surface area contributed by atoms with Gasteiger partial charge in [-0.3, -0.25) is 4.99 Å². The number of aliphatic imine (C=N–C) groups is 1. The summed E-state index contributed by atoms with van der Waals surface area (Å²) in [6.07, 6.45) is 3.84. The van der Waals surface area contributed by atoms with Crippen molar-refractivity contribution in [3.63, 3.8) is 0 Å². The highest BCUT2D eigenvalue weighted by Crippen LogP contribution is 2.10. The molecule has 0 aliphatic carbocycles. The molecule has 1 heterocycles. The smallest absolute Gasteiger partial charge is 0.191 e. The molecular formula is C18H39IN4O. The number of halogens is 1. The van der Waals surface area contributed by atoms with Crippen molar-refractivity contribution in [1.82, 2.24) is 15.5 Å². The lowest BCUT2D eigenvalue weighted by Crippen LogP contribution is -2.39. The fourth-order valence-electron chi connectivity index (χ4n) is 2.72. The fraction of sp³-hybridized carbons (Fsp3) is 0.944. The van der Waals surface area contributed by atoms with Gasteiger partial charge in [-0.2, -0.15) is 0 Å². The third kappa shape index (κ3) is 12.3. The molecule has 1 saturated heterocycles. The zero-order chi connectivity index (χ0) is 16.9. The normalized spacial score (nSPS) is 17.0. The van der Waals surface area contributed by atoms with Crippen LogP contribution in [0.4, 0.5) is 0 Å². The second kappa shape index (κ2) is 15.2. The molecule has 1 aliphatic heterocycles. The van der Waals surface area contributed by atoms with Gasteiger partial charge in [0.2, 0.25) is 0 Å². The zero-order valence-corrected chi connectivity index (χ0v) is 18.5. The van der Waals surface area contributed by atoms with E-state index >= 15 is 0 Å². The first-order chi connectivity index (χ1) is 11.1. The Hall–Kier alpha value is -0.0800. The van der Waals surface area contributed by atoms with Crippen molar-refractivity contribution >= 4 is 29.9 Å². The lowest BCUT2D eigenvalue weighted by molar-refractivity contribution is 0.128. The molecule has 6 heteroatoms. The van der Waals surface area contributed by atoms with Crippen LogP contribution in [0, 0.1) is 11.8 Å². The Morgan fingerprint density at radius 2 is 1.83 bits per heavy atom. The van der Waals surface area contributed by atoms with Crippen LogP contribution in [0.25, 0.3) is 0 Å². The predicted octanol–water partition coefficient (Wildman–Crippen LogP) is 2.95. The van der Waals surface area contributed by atoms with Crippen molar-refractivity contribution in [1.29, 1.82) is 0 Å². The summed E-state index contributed by atoms with van der Waals surface area (Å²) in [7, 11) is 0. The van der Waals surface area contributed by atoms with Gasteiger partial charge in [0.15, 0.2) is 5.96 Å². The van der Waals surface area contributed by atoms with Crippen LogP contribution in [0.15, 0.2) is 4.99 Å². The van der Waals surface area contributed by atoms with Gasteiger partial charge < -0.3 is 20.3 Å². The van der Waals surface area contributed by atoms with E-state index in [1.54, 1.807) is 0 Å². The van der Waals surface area contributed by atoms with E-state index in [0.717, 1.165) is 45.2 Å². The molecule has 5 nitrogen and oxygen atoms in total. The summed E-state index contributed by atoms with van der Waals surface area (Å²) < 4.78 is 5.64. The lowest BCUT2D eigenvalue weighted by Gasteiger charge is -2.19. The van der Waals surface area contributed by atoms with Gasteiger partial charge in [-0.15, -0.1) is 24.0 Å². The molecule has 0 bridgehead atoms. The molecule has 0 radical (unpaired) electrons. The van der Waals surface area contributed by atoms with Crippen molar-refractivity contribution in [3.05, 3.63) is 0 Å². The third-order valence-corrected chi connectivity index (χ3v) is 4.05. The van der Waals surface area contributed by atoms with E-state index in [1.807, 2.05) is 0 Å². The molecule has 0 aromatic carbocycles. The van der Waals surface area contributed by atoms with Crippen LogP contribution in [0.3, 0.4) is 0 Å². The molecule has 2 N–H and O–H groups in total. The summed E-state index contributed by atoms with van der Waals surface area (Å²) in [4.78, 5) is 7.27. The number of ether oxygens (including phenoxy) is 1. The van der Waals surface area contributed by atoms with Crippen LogP contribution in [0.2, 0.25) is 0 Å². The highest BCUT2D eigenvalue weighted by Gasteiger charge is 2.14. The van der Waals surface area contributed by atoms with Gasteiger partial charge in [0.25, 0.3) is 0 Å². The molecule has 1 aliphatic rings. The maximum atomic E-state index is 5.64. The lowest BCUT2D eigenvalue weighted by atomic mass is 10.1. The minimum atomic E-state index is 0. The first-order valence-electron chi connectivity index (χ1n) is 9.44. The molecule has 0 aromatic rings. The molecular weight excluding hydrogens is 415 g/mol. The number of guanidine groups is 1. The monoisotopic (exact) mass is 454 g/mol. The maximum Gasteiger partial charge on any atom is 0.191 e. The molecule has 0 aromatic heterocycles. The van der Waals surface area contributed by atoms with Gasteiger partial charge in [-0.05, 0) is 51.1 Å². The van der Waals surface area contributed by atoms with Crippen molar-refractivity contribution in [2.45, 2.75) is 47.0 Å². The third-order valence-electron chi connectivity index (χ3n) is 4.05. The van der Waals surface area contributed by atoms with Crippen molar-refractivity contribution in [2.24, 2.45) is 16.8 Å². The predicted molar refractivity (Wildman–Crippen MR) is 115 cm³/mol. The summed E-state index contributed by atoms with van der Waals surface area (Å²) in [6.45, 7) is 16.7. The summed E-state index contributed by atoms with van der Waals surface area (Å²) >= 11 is 0. The van der Waals surface area contributed by atoms with E-state index in [0.29, 0.717) is 11.8 Å². The number of nitrogens with zero attached hydrogens (tertiary/aromatic N) is 2. The van der Waals surface area contributed by atoms with Gasteiger partial charge >= 0.3 is 0 Å². The molecule has 0 spiro atoms. The van der Waals surface area contributed by atoms with Crippen molar-refractivity contribution in [3.8, 4) is 0 Å². The van der Waals surface area contributed by atoms with E-state index in [2.05, 4.69) is 43.2 Å². The Bertz CT molecular complexity index is 320. The minimum absolute atomic E-state index is 0. The van der Waals surface area contributed by atoms with Crippen LogP contribution in [-0.4, -0.2) is 63.3 Å². The SMILES string of the molecule is CCNC(=NCC(C)CN1CCCC1)NCCOCCC(C)C.I. The summed E-state index contributed by atoms with van der Waals surface area (Å²) in [5, 5.41) is 6.67. The van der Waals surface area contributed by atoms with Crippen LogP contribution < -0.4 is 10.6 Å². The van der Waals surface area contributed by atoms with Crippen LogP contribution >= 0.6 is 24.0 Å². The Kier molecular flexibility index (Phi) is 15.1. The number of hydrogen-bond donors (Lipinski definition) is 2. The Balaban J connectivity index is 0.00000529. The Labute approximate surface area is 166 Å². The average Bonchev–Trinajstić information content (AvgIpc) is 3.00. The van der Waals surface area contributed by atoms with Gasteiger partial charge in [-0.1, -0.05) is 20.8 Å². The average molecular weight is 454 g/mol. The Morgan fingerprint density at radius 3 is 2.46 bits per heavy atom. The number of rotatable bonds is 11. The molecule has 144 valence electrons. The number of likely N-dealkylation sites (tertiary alicyclic amines) is 1. The minimum Gasteiger partial charge on any atom is -0.380 e. The summed E-state index contributed by atoms with van der Waals surface area (Å²) in [5.41, 5.74) is 0. The van der Waals surface area contributed by atoms with Gasteiger partial charge in [0.1, 0.15) is 0 Å². The molecule has 24 heavy (non-hydrogen) atoms. The highest BCUT2D eigenvalue weighted by atomic mass is 127. The highest BCUT2D eigenvalue weighted by molar-refractivity contribution is 14.0. The Morgan fingerprint density at radius 1 is 1.12 bits per heavy atom. The van der Waals surface area contributed by atoms with Gasteiger partial charge in [0.05, 0.1) is 6.61 Å². The summed E-state index contributed by atoms with van der Waals surface area (Å²) in [6, 6.07) is 0. The molecule has 1 rings (SSSR count). The first-order valence-corrected chi connectivity index (χ1v) is 9.44. The van der Waals surface area contributed by atoms with E-state index in [9.17, 15) is 0 Å². The van der Waals surface area contributed by atoms with Crippen LogP contribution in [-0.2, 0) is 4.74 Å². The van der Waals surface area contributed by atoms with Crippen molar-refractivity contribution in [2.75, 3.05) is 52.5 Å². The van der Waals surface area contributed by atoms with Crippen molar-refractivity contribution < 1.29 is 4.74 Å². The molecule has 0 amide bonds. The standard InChI is InChI=1S/C18H38N4O.HI/c1-5-19-18(20-9-13-23-12-8-16(2)3)21-14-17(4)15-22-10-6-7-11-22;/h16-17H,5-15H2,1-4H3,(H2,19,20,21);1H. The fourth-order valence-corrected chi connectivity index (χ4v) is 2.72. The number of hydrogen-bond acceptors (Lipinski definition) is 3. The number of nitrogens with one attached hydrogen (secondary N) is 2. The van der Waals surface area contributed by atoms with Crippen LogP contribution in [0.5, 0.6) is 0 Å². The van der Waals surface area contributed by atoms with E-state index in [4.69, 9.17) is 9.73 Å². The first kappa shape index (κ1) is 23.9. The quantitative estimate of drug-likeness (QED) is 0.218. The topological polar surface area (TPSA) is 48.9 Å². The zero-order valence-electron chi connectivity index (χ0n) is 16.1. The van der Waals surface area contributed by atoms with Crippen LogP contribution in [0.1, 0.15) is 47.0 Å². The van der Waals surface area contributed by atoms with Gasteiger partial charge in [0, 0.05) is 32.8 Å². The molecule has 1 atom stereocenters. The summed E-state index contributed by atoms with van der Waals surface area (Å²) in [5.74, 6) is 2.22. The van der Waals surface area contributed by atoms with E-state index < -0.39 is 0 Å².